The molecule has 1 aromatic carbocycles. The van der Waals surface area contributed by atoms with Crippen molar-refractivity contribution in [1.29, 1.82) is 0 Å². The summed E-state index contributed by atoms with van der Waals surface area (Å²) in [5.74, 6) is 0. The molecule has 0 fully saturated rings. The molecule has 0 saturated heterocycles. The fourth-order valence-corrected chi connectivity index (χ4v) is 1.60. The highest BCUT2D eigenvalue weighted by molar-refractivity contribution is 7.88. The summed E-state index contributed by atoms with van der Waals surface area (Å²) in [6.07, 6.45) is 3.30. The molecule has 1 atom stereocenters. The minimum atomic E-state index is -1.04. The van der Waals surface area contributed by atoms with Gasteiger partial charge in [-0.15, -0.1) is 0 Å². The zero-order chi connectivity index (χ0) is 8.81. The van der Waals surface area contributed by atoms with Gasteiger partial charge in [0.05, 0.1) is 10.8 Å². The predicted octanol–water partition coefficient (Wildman–Crippen LogP) is 2.49. The number of benzene rings is 1. The fraction of sp³-hybridized carbons (Fsp3) is 0. The van der Waals surface area contributed by atoms with Gasteiger partial charge >= 0.3 is 0 Å². The van der Waals surface area contributed by atoms with Crippen LogP contribution in [0.3, 0.4) is 0 Å². The average molecular weight is 178 g/mol. The van der Waals surface area contributed by atoms with Crippen LogP contribution in [0.5, 0.6) is 0 Å². The SMILES string of the molecule is C=C/C=C\S(=O)c1ccccc1. The van der Waals surface area contributed by atoms with Crippen molar-refractivity contribution < 1.29 is 4.21 Å². The van der Waals surface area contributed by atoms with Crippen LogP contribution < -0.4 is 0 Å². The summed E-state index contributed by atoms with van der Waals surface area (Å²) in [6.45, 7) is 3.51. The first-order valence-electron chi connectivity index (χ1n) is 3.59. The third-order valence-corrected chi connectivity index (χ3v) is 2.45. The van der Waals surface area contributed by atoms with E-state index in [4.69, 9.17) is 0 Å². The Hall–Kier alpha value is -1.15. The van der Waals surface area contributed by atoms with Gasteiger partial charge in [0, 0.05) is 10.3 Å². The van der Waals surface area contributed by atoms with Crippen molar-refractivity contribution in [3.63, 3.8) is 0 Å². The maximum atomic E-state index is 11.4. The van der Waals surface area contributed by atoms with E-state index in [1.165, 1.54) is 0 Å². The molecule has 0 bridgehead atoms. The summed E-state index contributed by atoms with van der Waals surface area (Å²) in [7, 11) is -1.04. The molecular weight excluding hydrogens is 168 g/mol. The van der Waals surface area contributed by atoms with Gasteiger partial charge in [0.15, 0.2) is 0 Å². The molecular formula is C10H10OS. The Kier molecular flexibility index (Phi) is 3.48. The molecule has 1 rings (SSSR count). The number of hydrogen-bond acceptors (Lipinski definition) is 1. The maximum Gasteiger partial charge on any atom is 0.0775 e. The molecule has 0 saturated carbocycles. The summed E-state index contributed by atoms with van der Waals surface area (Å²) < 4.78 is 11.4. The third-order valence-electron chi connectivity index (χ3n) is 1.31. The Bertz CT molecular complexity index is 301. The molecule has 1 aromatic rings. The summed E-state index contributed by atoms with van der Waals surface area (Å²) >= 11 is 0. The van der Waals surface area contributed by atoms with Crippen LogP contribution in [0.4, 0.5) is 0 Å². The number of hydrogen-bond donors (Lipinski definition) is 0. The molecule has 0 N–H and O–H groups in total. The topological polar surface area (TPSA) is 17.1 Å². The Morgan fingerprint density at radius 2 is 1.92 bits per heavy atom. The van der Waals surface area contributed by atoms with Gasteiger partial charge in [0.2, 0.25) is 0 Å². The highest BCUT2D eigenvalue weighted by Gasteiger charge is 1.95. The van der Waals surface area contributed by atoms with E-state index in [9.17, 15) is 4.21 Å². The first-order chi connectivity index (χ1) is 5.84. The summed E-state index contributed by atoms with van der Waals surface area (Å²) in [4.78, 5) is 0.815. The summed E-state index contributed by atoms with van der Waals surface area (Å²) in [5, 5.41) is 1.61. The van der Waals surface area contributed by atoms with Crippen LogP contribution in [0.15, 0.2) is 59.4 Å². The van der Waals surface area contributed by atoms with Crippen molar-refractivity contribution in [2.75, 3.05) is 0 Å². The second kappa shape index (κ2) is 4.67. The van der Waals surface area contributed by atoms with E-state index in [0.717, 1.165) is 4.90 Å². The Balaban J connectivity index is 2.79. The number of allylic oxidation sites excluding steroid dienone is 2. The Labute approximate surface area is 74.9 Å². The largest absolute Gasteiger partial charge is 0.250 e. The molecule has 0 radical (unpaired) electrons. The Morgan fingerprint density at radius 1 is 1.25 bits per heavy atom. The summed E-state index contributed by atoms with van der Waals surface area (Å²) in [6, 6.07) is 9.31. The molecule has 0 amide bonds. The second-order valence-corrected chi connectivity index (χ2v) is 3.51. The van der Waals surface area contributed by atoms with Gasteiger partial charge < -0.3 is 0 Å². The van der Waals surface area contributed by atoms with Crippen LogP contribution in [0.25, 0.3) is 0 Å². The third kappa shape index (κ3) is 2.47. The lowest BCUT2D eigenvalue weighted by Crippen LogP contribution is -1.83. The van der Waals surface area contributed by atoms with Crippen molar-refractivity contribution in [3.8, 4) is 0 Å². The van der Waals surface area contributed by atoms with Crippen LogP contribution in [0.1, 0.15) is 0 Å². The maximum absolute atomic E-state index is 11.4. The van der Waals surface area contributed by atoms with Crippen molar-refractivity contribution in [1.82, 2.24) is 0 Å². The second-order valence-electron chi connectivity index (χ2n) is 2.17. The molecule has 0 aliphatic heterocycles. The molecule has 0 aliphatic rings. The van der Waals surface area contributed by atoms with Gasteiger partial charge in [-0.3, -0.25) is 0 Å². The minimum absolute atomic E-state index is 0.815. The molecule has 0 heterocycles. The first kappa shape index (κ1) is 8.94. The average Bonchev–Trinajstić information content (AvgIpc) is 2.15. The van der Waals surface area contributed by atoms with Gasteiger partial charge in [0.25, 0.3) is 0 Å². The fourth-order valence-electron chi connectivity index (χ4n) is 0.760. The van der Waals surface area contributed by atoms with E-state index >= 15 is 0 Å². The monoisotopic (exact) mass is 178 g/mol. The van der Waals surface area contributed by atoms with E-state index in [1.54, 1.807) is 17.6 Å². The highest BCUT2D eigenvalue weighted by Crippen LogP contribution is 2.05. The van der Waals surface area contributed by atoms with Gasteiger partial charge in [-0.2, -0.15) is 0 Å². The van der Waals surface area contributed by atoms with Gasteiger partial charge in [-0.25, -0.2) is 4.21 Å². The van der Waals surface area contributed by atoms with E-state index < -0.39 is 10.8 Å². The van der Waals surface area contributed by atoms with E-state index in [-0.39, 0.29) is 0 Å². The van der Waals surface area contributed by atoms with Crippen LogP contribution in [0.2, 0.25) is 0 Å². The molecule has 12 heavy (non-hydrogen) atoms. The lowest BCUT2D eigenvalue weighted by molar-refractivity contribution is 0.688. The molecule has 0 aromatic heterocycles. The van der Waals surface area contributed by atoms with Crippen LogP contribution in [-0.4, -0.2) is 4.21 Å². The predicted molar refractivity (Wildman–Crippen MR) is 52.2 cm³/mol. The van der Waals surface area contributed by atoms with Crippen LogP contribution in [-0.2, 0) is 10.8 Å². The standard InChI is InChI=1S/C10H10OS/c1-2-3-9-12(11)10-7-5-4-6-8-10/h2-9H,1H2/b9-3-. The van der Waals surface area contributed by atoms with Gasteiger partial charge in [0.1, 0.15) is 0 Å². The minimum Gasteiger partial charge on any atom is -0.250 e. The first-order valence-corrected chi connectivity index (χ1v) is 4.81. The molecule has 0 aliphatic carbocycles. The van der Waals surface area contributed by atoms with Gasteiger partial charge in [-0.05, 0) is 12.1 Å². The molecule has 1 unspecified atom stereocenters. The highest BCUT2D eigenvalue weighted by atomic mass is 32.2. The lowest BCUT2D eigenvalue weighted by Gasteiger charge is -1.93. The molecule has 62 valence electrons. The molecule has 0 spiro atoms. The number of rotatable bonds is 3. The van der Waals surface area contributed by atoms with E-state index in [1.807, 2.05) is 30.3 Å². The van der Waals surface area contributed by atoms with Crippen molar-refractivity contribution in [2.24, 2.45) is 0 Å². The van der Waals surface area contributed by atoms with Crippen LogP contribution >= 0.6 is 0 Å². The quantitative estimate of drug-likeness (QED) is 0.650. The smallest absolute Gasteiger partial charge is 0.0775 e. The van der Waals surface area contributed by atoms with E-state index in [0.29, 0.717) is 0 Å². The zero-order valence-electron chi connectivity index (χ0n) is 6.64. The molecule has 2 heteroatoms. The van der Waals surface area contributed by atoms with Crippen LogP contribution in [0, 0.1) is 0 Å². The Morgan fingerprint density at radius 3 is 2.50 bits per heavy atom. The summed E-state index contributed by atoms with van der Waals surface area (Å²) in [5.41, 5.74) is 0. The zero-order valence-corrected chi connectivity index (χ0v) is 7.46. The van der Waals surface area contributed by atoms with E-state index in [2.05, 4.69) is 6.58 Å². The molecule has 1 nitrogen and oxygen atoms in total. The van der Waals surface area contributed by atoms with Gasteiger partial charge in [-0.1, -0.05) is 36.9 Å². The van der Waals surface area contributed by atoms with Crippen molar-refractivity contribution in [3.05, 3.63) is 54.5 Å². The lowest BCUT2D eigenvalue weighted by atomic mass is 10.4. The van der Waals surface area contributed by atoms with Crippen molar-refractivity contribution >= 4 is 10.8 Å². The normalized spacial score (nSPS) is 13.0. The van der Waals surface area contributed by atoms with Crippen molar-refractivity contribution in [2.45, 2.75) is 4.90 Å².